The quantitative estimate of drug-likeness (QED) is 0.800. The van der Waals surface area contributed by atoms with Crippen molar-refractivity contribution in [1.82, 2.24) is 5.32 Å². The van der Waals surface area contributed by atoms with Gasteiger partial charge in [0.15, 0.2) is 0 Å². The summed E-state index contributed by atoms with van der Waals surface area (Å²) in [5.74, 6) is 0.109. The molecule has 0 aliphatic rings. The molecule has 5 heteroatoms. The molecule has 0 bridgehead atoms. The van der Waals surface area contributed by atoms with Crippen LogP contribution in [0.4, 0.5) is 5.69 Å². The summed E-state index contributed by atoms with van der Waals surface area (Å²) in [6.07, 6.45) is 0. The summed E-state index contributed by atoms with van der Waals surface area (Å²) >= 11 is 0. The first kappa shape index (κ1) is 15.8. The van der Waals surface area contributed by atoms with Gasteiger partial charge >= 0.3 is 0 Å². The van der Waals surface area contributed by atoms with E-state index in [1.807, 2.05) is 56.3 Å². The molecule has 0 fully saturated rings. The Bertz CT molecular complexity index is 693. The molecule has 0 saturated carbocycles. The summed E-state index contributed by atoms with van der Waals surface area (Å²) < 4.78 is 26.6. The van der Waals surface area contributed by atoms with Gasteiger partial charge in [0.1, 0.15) is 0 Å². The van der Waals surface area contributed by atoms with Gasteiger partial charge in [0.25, 0.3) is 0 Å². The molecule has 0 amide bonds. The van der Waals surface area contributed by atoms with Crippen molar-refractivity contribution in [3.8, 4) is 0 Å². The molecule has 0 aliphatic carbocycles. The van der Waals surface area contributed by atoms with Gasteiger partial charge in [0.05, 0.1) is 11.4 Å². The Morgan fingerprint density at radius 3 is 2.48 bits per heavy atom. The smallest absolute Gasteiger partial charge is 0.236 e. The number of anilines is 1. The highest BCUT2D eigenvalue weighted by Crippen LogP contribution is 2.28. The lowest BCUT2D eigenvalue weighted by Crippen LogP contribution is -2.36. The Hall–Kier alpha value is -1.59. The molecule has 0 aromatic heterocycles. The number of hydrogen-bond donors (Lipinski definition) is 1. The molecule has 21 heavy (non-hydrogen) atoms. The maximum absolute atomic E-state index is 12.6. The van der Waals surface area contributed by atoms with Crippen molar-refractivity contribution >= 4 is 26.5 Å². The maximum Gasteiger partial charge on any atom is 0.236 e. The molecule has 0 aliphatic heterocycles. The Labute approximate surface area is 126 Å². The lowest BCUT2D eigenvalue weighted by atomic mass is 10.1. The minimum absolute atomic E-state index is 0.109. The van der Waals surface area contributed by atoms with E-state index in [9.17, 15) is 8.42 Å². The minimum atomic E-state index is -3.32. The zero-order valence-electron chi connectivity index (χ0n) is 12.5. The van der Waals surface area contributed by atoms with E-state index in [2.05, 4.69) is 5.32 Å². The third-order valence-electron chi connectivity index (χ3n) is 3.45. The molecule has 1 N–H and O–H groups in total. The van der Waals surface area contributed by atoms with Crippen LogP contribution in [0.3, 0.4) is 0 Å². The Morgan fingerprint density at radius 1 is 1.05 bits per heavy atom. The summed E-state index contributed by atoms with van der Waals surface area (Å²) in [6.45, 7) is 5.51. The molecule has 2 rings (SSSR count). The lowest BCUT2D eigenvalue weighted by Gasteiger charge is -2.24. The van der Waals surface area contributed by atoms with Crippen LogP contribution in [0.15, 0.2) is 42.5 Å². The number of nitrogens with zero attached hydrogens (tertiary/aromatic N) is 1. The Kier molecular flexibility index (Phi) is 5.20. The van der Waals surface area contributed by atoms with Crippen LogP contribution in [0.1, 0.15) is 13.8 Å². The summed E-state index contributed by atoms with van der Waals surface area (Å²) in [4.78, 5) is 0. The molecule has 4 nitrogen and oxygen atoms in total. The predicted molar refractivity (Wildman–Crippen MR) is 89.3 cm³/mol. The van der Waals surface area contributed by atoms with Crippen LogP contribution in [0.5, 0.6) is 0 Å². The van der Waals surface area contributed by atoms with Gasteiger partial charge in [-0.1, -0.05) is 43.3 Å². The van der Waals surface area contributed by atoms with E-state index >= 15 is 0 Å². The van der Waals surface area contributed by atoms with Gasteiger partial charge in [-0.3, -0.25) is 4.31 Å². The number of sulfonamides is 1. The average Bonchev–Trinajstić information content (AvgIpc) is 2.48. The molecule has 0 unspecified atom stereocenters. The largest absolute Gasteiger partial charge is 0.316 e. The highest BCUT2D eigenvalue weighted by Gasteiger charge is 2.21. The van der Waals surface area contributed by atoms with Gasteiger partial charge in [0, 0.05) is 18.5 Å². The predicted octanol–water partition coefficient (Wildman–Crippen LogP) is 2.61. The fourth-order valence-electron chi connectivity index (χ4n) is 2.43. The van der Waals surface area contributed by atoms with E-state index in [1.54, 1.807) is 0 Å². The van der Waals surface area contributed by atoms with Gasteiger partial charge in [0.2, 0.25) is 10.0 Å². The summed E-state index contributed by atoms with van der Waals surface area (Å²) in [7, 11) is -3.32. The fourth-order valence-corrected chi connectivity index (χ4v) is 3.91. The molecule has 0 atom stereocenters. The fraction of sp³-hybridized carbons (Fsp3) is 0.375. The van der Waals surface area contributed by atoms with Crippen molar-refractivity contribution in [2.24, 2.45) is 0 Å². The molecular weight excluding hydrogens is 284 g/mol. The van der Waals surface area contributed by atoms with Crippen molar-refractivity contribution < 1.29 is 8.42 Å². The van der Waals surface area contributed by atoms with Crippen molar-refractivity contribution in [2.45, 2.75) is 13.8 Å². The van der Waals surface area contributed by atoms with Gasteiger partial charge in [-0.15, -0.1) is 0 Å². The first-order valence-corrected chi connectivity index (χ1v) is 8.90. The molecular formula is C16H22N2O2S. The first-order valence-electron chi connectivity index (χ1n) is 7.29. The summed E-state index contributed by atoms with van der Waals surface area (Å²) in [5, 5.41) is 5.08. The van der Waals surface area contributed by atoms with E-state index in [0.717, 1.165) is 23.0 Å². The van der Waals surface area contributed by atoms with E-state index in [4.69, 9.17) is 0 Å². The monoisotopic (exact) mass is 306 g/mol. The van der Waals surface area contributed by atoms with Gasteiger partial charge < -0.3 is 5.32 Å². The molecule has 0 saturated heterocycles. The third kappa shape index (κ3) is 3.54. The second-order valence-corrected chi connectivity index (χ2v) is 6.85. The highest BCUT2D eigenvalue weighted by atomic mass is 32.2. The SMILES string of the molecule is CCNCCS(=O)(=O)N(CC)c1cccc2ccccc12. The molecule has 2 aromatic carbocycles. The molecule has 0 radical (unpaired) electrons. The number of rotatable bonds is 7. The summed E-state index contributed by atoms with van der Waals surface area (Å²) in [6, 6.07) is 13.6. The van der Waals surface area contributed by atoms with Gasteiger partial charge in [-0.05, 0) is 24.9 Å². The third-order valence-corrected chi connectivity index (χ3v) is 5.29. The molecule has 2 aromatic rings. The second-order valence-electron chi connectivity index (χ2n) is 4.83. The topological polar surface area (TPSA) is 49.4 Å². The number of fused-ring (bicyclic) bond motifs is 1. The number of hydrogen-bond acceptors (Lipinski definition) is 3. The normalized spacial score (nSPS) is 11.7. The standard InChI is InChI=1S/C16H22N2O2S/c1-3-17-12-13-21(19,20)18(4-2)16-11-7-9-14-8-5-6-10-15(14)16/h5-11,17H,3-4,12-13H2,1-2H3. The van der Waals surface area contributed by atoms with Crippen molar-refractivity contribution in [3.05, 3.63) is 42.5 Å². The van der Waals surface area contributed by atoms with Crippen molar-refractivity contribution in [2.75, 3.05) is 29.7 Å². The second kappa shape index (κ2) is 6.91. The molecule has 114 valence electrons. The van der Waals surface area contributed by atoms with Crippen LogP contribution in [0.2, 0.25) is 0 Å². The average molecular weight is 306 g/mol. The van der Waals surface area contributed by atoms with E-state index < -0.39 is 10.0 Å². The number of nitrogens with one attached hydrogen (secondary N) is 1. The van der Waals surface area contributed by atoms with Crippen LogP contribution < -0.4 is 9.62 Å². The molecule has 0 spiro atoms. The van der Waals surface area contributed by atoms with Crippen LogP contribution in [0.25, 0.3) is 10.8 Å². The van der Waals surface area contributed by atoms with Crippen molar-refractivity contribution in [3.63, 3.8) is 0 Å². The Balaban J connectivity index is 2.40. The zero-order valence-corrected chi connectivity index (χ0v) is 13.4. The van der Waals surface area contributed by atoms with Gasteiger partial charge in [-0.25, -0.2) is 8.42 Å². The van der Waals surface area contributed by atoms with E-state index in [1.165, 1.54) is 4.31 Å². The first-order chi connectivity index (χ1) is 10.1. The van der Waals surface area contributed by atoms with Crippen LogP contribution in [-0.2, 0) is 10.0 Å². The zero-order chi connectivity index (χ0) is 15.3. The lowest BCUT2D eigenvalue weighted by molar-refractivity contribution is 0.588. The van der Waals surface area contributed by atoms with Crippen molar-refractivity contribution in [1.29, 1.82) is 0 Å². The number of benzene rings is 2. The molecule has 0 heterocycles. The summed E-state index contributed by atoms with van der Waals surface area (Å²) in [5.41, 5.74) is 0.757. The van der Waals surface area contributed by atoms with Crippen LogP contribution in [-0.4, -0.2) is 33.8 Å². The minimum Gasteiger partial charge on any atom is -0.316 e. The van der Waals surface area contributed by atoms with Crippen LogP contribution >= 0.6 is 0 Å². The van der Waals surface area contributed by atoms with E-state index in [0.29, 0.717) is 13.1 Å². The maximum atomic E-state index is 12.6. The van der Waals surface area contributed by atoms with E-state index in [-0.39, 0.29) is 5.75 Å². The van der Waals surface area contributed by atoms with Crippen LogP contribution in [0, 0.1) is 0 Å². The Morgan fingerprint density at radius 2 is 1.76 bits per heavy atom. The highest BCUT2D eigenvalue weighted by molar-refractivity contribution is 7.92. The van der Waals surface area contributed by atoms with Gasteiger partial charge in [-0.2, -0.15) is 0 Å².